The van der Waals surface area contributed by atoms with Gasteiger partial charge in [-0.15, -0.1) is 23.2 Å². The number of nitrogens with one attached hydrogen (secondary N) is 1. The van der Waals surface area contributed by atoms with E-state index in [1.807, 2.05) is 7.05 Å². The summed E-state index contributed by atoms with van der Waals surface area (Å²) in [5, 5.41) is 3.10. The molecular weight excluding hydrogens is 503 g/mol. The monoisotopic (exact) mass is 552 g/mol. The van der Waals surface area contributed by atoms with Gasteiger partial charge in [-0.05, 0) is 31.0 Å². The maximum atomic E-state index is 12.3. The molecule has 210 valence electrons. The number of alkyl halides is 2. The van der Waals surface area contributed by atoms with Crippen LogP contribution in [0.5, 0.6) is 0 Å². The minimum atomic E-state index is 0.155. The molecule has 2 aromatic rings. The molecule has 0 bridgehead atoms. The van der Waals surface area contributed by atoms with Crippen molar-refractivity contribution in [2.75, 3.05) is 36.3 Å². The van der Waals surface area contributed by atoms with Crippen LogP contribution in [0.25, 0.3) is 11.0 Å². The standard InChI is InChI=1S/C30H50Cl2N4O/c1-3-4-5-6-7-8-9-10-11-12-13-14-22-33-30(37)17-15-16-29-34-27-25-26(18-19-28(27)35(29)2)36(23-20-31)24-21-32/h18-19,25H,3-17,20-24H2,1-2H3,(H,33,37). The van der Waals surface area contributed by atoms with Gasteiger partial charge in [0.2, 0.25) is 5.91 Å². The Bertz CT molecular complexity index is 880. The smallest absolute Gasteiger partial charge is 0.220 e. The summed E-state index contributed by atoms with van der Waals surface area (Å²) >= 11 is 11.9. The summed E-state index contributed by atoms with van der Waals surface area (Å²) in [4.78, 5) is 19.3. The topological polar surface area (TPSA) is 50.2 Å². The molecule has 0 unspecified atom stereocenters. The normalized spacial score (nSPS) is 11.4. The minimum Gasteiger partial charge on any atom is -0.369 e. The Kier molecular flexibility index (Phi) is 16.8. The van der Waals surface area contributed by atoms with Gasteiger partial charge in [-0.1, -0.05) is 77.6 Å². The highest BCUT2D eigenvalue weighted by Crippen LogP contribution is 2.23. The first-order chi connectivity index (χ1) is 18.1. The lowest BCUT2D eigenvalue weighted by atomic mass is 10.1. The number of anilines is 1. The third-order valence-corrected chi connectivity index (χ3v) is 7.53. The number of amides is 1. The Balaban J connectivity index is 1.59. The van der Waals surface area contributed by atoms with Crippen molar-refractivity contribution in [2.45, 2.75) is 103 Å². The molecule has 0 saturated heterocycles. The van der Waals surface area contributed by atoms with E-state index in [1.54, 1.807) is 0 Å². The number of rotatable bonds is 22. The van der Waals surface area contributed by atoms with Gasteiger partial charge < -0.3 is 14.8 Å². The van der Waals surface area contributed by atoms with E-state index in [9.17, 15) is 4.79 Å². The third-order valence-electron chi connectivity index (χ3n) is 7.19. The van der Waals surface area contributed by atoms with Crippen molar-refractivity contribution in [1.29, 1.82) is 0 Å². The number of unbranched alkanes of at least 4 members (excludes halogenated alkanes) is 11. The fourth-order valence-corrected chi connectivity index (χ4v) is 5.33. The number of benzene rings is 1. The zero-order valence-electron chi connectivity index (χ0n) is 23.4. The van der Waals surface area contributed by atoms with Crippen molar-refractivity contribution in [2.24, 2.45) is 7.05 Å². The van der Waals surface area contributed by atoms with Gasteiger partial charge in [-0.3, -0.25) is 4.79 Å². The lowest BCUT2D eigenvalue weighted by Crippen LogP contribution is -2.27. The Morgan fingerprint density at radius 2 is 1.49 bits per heavy atom. The molecule has 0 aliphatic heterocycles. The molecule has 0 spiro atoms. The van der Waals surface area contributed by atoms with Crippen LogP contribution >= 0.6 is 23.2 Å². The van der Waals surface area contributed by atoms with E-state index in [0.717, 1.165) is 61.4 Å². The van der Waals surface area contributed by atoms with Crippen molar-refractivity contribution in [3.8, 4) is 0 Å². The van der Waals surface area contributed by atoms with Crippen LogP contribution in [0.15, 0.2) is 18.2 Å². The van der Waals surface area contributed by atoms with Crippen LogP contribution in [0, 0.1) is 0 Å². The number of imidazole rings is 1. The van der Waals surface area contributed by atoms with Gasteiger partial charge in [-0.25, -0.2) is 4.98 Å². The molecule has 0 radical (unpaired) electrons. The van der Waals surface area contributed by atoms with Crippen LogP contribution in [-0.4, -0.2) is 46.9 Å². The van der Waals surface area contributed by atoms with Crippen molar-refractivity contribution in [1.82, 2.24) is 14.9 Å². The minimum absolute atomic E-state index is 0.155. The first kappa shape index (κ1) is 31.8. The molecule has 0 atom stereocenters. The highest BCUT2D eigenvalue weighted by atomic mass is 35.5. The quantitative estimate of drug-likeness (QED) is 0.119. The van der Waals surface area contributed by atoms with E-state index in [-0.39, 0.29) is 5.91 Å². The number of fused-ring (bicyclic) bond motifs is 1. The molecule has 5 nitrogen and oxygen atoms in total. The molecule has 0 fully saturated rings. The fourth-order valence-electron chi connectivity index (χ4n) is 4.92. The predicted octanol–water partition coefficient (Wildman–Crippen LogP) is 8.00. The van der Waals surface area contributed by atoms with Crippen molar-refractivity contribution < 1.29 is 4.79 Å². The average molecular weight is 554 g/mol. The molecule has 1 heterocycles. The molecule has 2 rings (SSSR count). The van der Waals surface area contributed by atoms with Gasteiger partial charge in [0.1, 0.15) is 5.82 Å². The summed E-state index contributed by atoms with van der Waals surface area (Å²) in [5.74, 6) is 2.29. The van der Waals surface area contributed by atoms with E-state index in [1.165, 1.54) is 70.6 Å². The summed E-state index contributed by atoms with van der Waals surface area (Å²) in [6.07, 6.45) is 18.2. The van der Waals surface area contributed by atoms with Crippen LogP contribution in [0.2, 0.25) is 0 Å². The second kappa shape index (κ2) is 19.6. The molecule has 0 aliphatic rings. The van der Waals surface area contributed by atoms with Gasteiger partial charge >= 0.3 is 0 Å². The molecule has 7 heteroatoms. The molecule has 1 aromatic heterocycles. The first-order valence-electron chi connectivity index (χ1n) is 14.7. The predicted molar refractivity (Wildman–Crippen MR) is 161 cm³/mol. The van der Waals surface area contributed by atoms with Crippen molar-refractivity contribution in [3.05, 3.63) is 24.0 Å². The number of hydrogen-bond acceptors (Lipinski definition) is 3. The molecular formula is C30H50Cl2N4O. The second-order valence-corrected chi connectivity index (χ2v) is 11.0. The van der Waals surface area contributed by atoms with Crippen LogP contribution in [0.4, 0.5) is 5.69 Å². The van der Waals surface area contributed by atoms with Crippen molar-refractivity contribution in [3.63, 3.8) is 0 Å². The Morgan fingerprint density at radius 3 is 2.08 bits per heavy atom. The number of halogens is 2. The first-order valence-corrected chi connectivity index (χ1v) is 15.8. The number of carbonyl (C=O) groups is 1. The van der Waals surface area contributed by atoms with Gasteiger partial charge in [0.05, 0.1) is 11.0 Å². The maximum absolute atomic E-state index is 12.3. The van der Waals surface area contributed by atoms with Gasteiger partial charge in [-0.2, -0.15) is 0 Å². The number of hydrogen-bond donors (Lipinski definition) is 1. The van der Waals surface area contributed by atoms with Crippen LogP contribution in [0.3, 0.4) is 0 Å². The van der Waals surface area contributed by atoms with Gasteiger partial charge in [0.15, 0.2) is 0 Å². The van der Waals surface area contributed by atoms with Crippen LogP contribution < -0.4 is 10.2 Å². The van der Waals surface area contributed by atoms with E-state index in [4.69, 9.17) is 28.2 Å². The van der Waals surface area contributed by atoms with E-state index >= 15 is 0 Å². The highest BCUT2D eigenvalue weighted by Gasteiger charge is 2.12. The fraction of sp³-hybridized carbons (Fsp3) is 0.733. The van der Waals surface area contributed by atoms with Crippen molar-refractivity contribution >= 4 is 45.8 Å². The molecule has 0 aliphatic carbocycles. The third kappa shape index (κ3) is 12.3. The van der Waals surface area contributed by atoms with Crippen LogP contribution in [-0.2, 0) is 18.3 Å². The Labute approximate surface area is 235 Å². The summed E-state index contributed by atoms with van der Waals surface area (Å²) in [7, 11) is 2.05. The highest BCUT2D eigenvalue weighted by molar-refractivity contribution is 6.18. The summed E-state index contributed by atoms with van der Waals surface area (Å²) in [5.41, 5.74) is 3.17. The van der Waals surface area contributed by atoms with Gasteiger partial charge in [0.25, 0.3) is 0 Å². The van der Waals surface area contributed by atoms with Gasteiger partial charge in [0, 0.05) is 57.0 Å². The summed E-state index contributed by atoms with van der Waals surface area (Å²) in [6, 6.07) is 6.33. The van der Waals surface area contributed by atoms with Crippen LogP contribution in [0.1, 0.15) is 103 Å². The number of carbonyl (C=O) groups excluding carboxylic acids is 1. The number of aryl methyl sites for hydroxylation is 2. The molecule has 0 saturated carbocycles. The molecule has 1 aromatic carbocycles. The maximum Gasteiger partial charge on any atom is 0.220 e. The van der Waals surface area contributed by atoms with E-state index in [2.05, 4.69) is 39.9 Å². The zero-order valence-corrected chi connectivity index (χ0v) is 24.9. The summed E-state index contributed by atoms with van der Waals surface area (Å²) < 4.78 is 2.14. The summed E-state index contributed by atoms with van der Waals surface area (Å²) in [6.45, 7) is 4.59. The zero-order chi connectivity index (χ0) is 26.7. The SMILES string of the molecule is CCCCCCCCCCCCCCNC(=O)CCCc1nc2cc(N(CCCl)CCCl)ccc2n1C. The lowest BCUT2D eigenvalue weighted by Gasteiger charge is -2.22. The largest absolute Gasteiger partial charge is 0.369 e. The molecule has 37 heavy (non-hydrogen) atoms. The Morgan fingerprint density at radius 1 is 0.892 bits per heavy atom. The number of nitrogens with zero attached hydrogens (tertiary/aromatic N) is 3. The molecule has 1 amide bonds. The van der Waals surface area contributed by atoms with E-state index in [0.29, 0.717) is 18.2 Å². The molecule has 1 N–H and O–H groups in total. The van der Waals surface area contributed by atoms with E-state index < -0.39 is 0 Å². The lowest BCUT2D eigenvalue weighted by molar-refractivity contribution is -0.121. The average Bonchev–Trinajstić information content (AvgIpc) is 3.21. The number of aromatic nitrogens is 2. The Hall–Kier alpha value is -1.46. The second-order valence-electron chi connectivity index (χ2n) is 10.2.